The Balaban J connectivity index is 3.40. The van der Waals surface area contributed by atoms with Crippen LogP contribution in [0.5, 0.6) is 0 Å². The monoisotopic (exact) mass is 422 g/mol. The van der Waals surface area contributed by atoms with Gasteiger partial charge in [-0.25, -0.2) is 0 Å². The summed E-state index contributed by atoms with van der Waals surface area (Å²) in [5, 5.41) is 0. The second-order valence-electron chi connectivity index (χ2n) is 11.7. The Kier molecular flexibility index (Phi) is 9.42. The van der Waals surface area contributed by atoms with Gasteiger partial charge in [-0.15, -0.1) is 0 Å². The first-order chi connectivity index (χ1) is 13.2. The fourth-order valence-electron chi connectivity index (χ4n) is 6.15. The van der Waals surface area contributed by atoms with Gasteiger partial charge in [-0.2, -0.15) is 0 Å². The lowest BCUT2D eigenvalue weighted by molar-refractivity contribution is -0.141. The molecule has 0 saturated heterocycles. The van der Waals surface area contributed by atoms with E-state index in [1.807, 2.05) is 0 Å². The van der Waals surface area contributed by atoms with Crippen molar-refractivity contribution in [3.8, 4) is 0 Å². The molecular weight excluding hydrogens is 372 g/mol. The molecule has 2 nitrogen and oxygen atoms in total. The highest BCUT2D eigenvalue weighted by Gasteiger charge is 2.53. The maximum Gasteiger partial charge on any atom is 0.200 e. The largest absolute Gasteiger partial charge is 0.412 e. The molecule has 170 valence electrons. The summed E-state index contributed by atoms with van der Waals surface area (Å²) in [7, 11) is -2.05. The number of rotatable bonds is 9. The van der Waals surface area contributed by atoms with Gasteiger partial charge in [-0.3, -0.25) is 4.79 Å². The Hall–Kier alpha value is -0.413. The third kappa shape index (κ3) is 5.64. The van der Waals surface area contributed by atoms with Gasteiger partial charge >= 0.3 is 0 Å². The molecule has 0 aliphatic heterocycles. The molecular formula is C26H50O2Si. The predicted molar refractivity (Wildman–Crippen MR) is 130 cm³/mol. The summed E-state index contributed by atoms with van der Waals surface area (Å²) in [5.41, 5.74) is 2.93. The minimum Gasteiger partial charge on any atom is -0.412 e. The molecule has 1 saturated carbocycles. The zero-order chi connectivity index (χ0) is 22.7. The van der Waals surface area contributed by atoms with Gasteiger partial charge in [0.25, 0.3) is 0 Å². The molecule has 1 aliphatic carbocycles. The third-order valence-corrected chi connectivity index (χ3v) is 13.9. The molecule has 3 atom stereocenters. The summed E-state index contributed by atoms with van der Waals surface area (Å²) in [6.07, 6.45) is 5.18. The van der Waals surface area contributed by atoms with Crippen LogP contribution in [-0.4, -0.2) is 20.2 Å². The molecule has 0 aromatic rings. The van der Waals surface area contributed by atoms with Gasteiger partial charge in [-0.1, -0.05) is 80.9 Å². The lowest BCUT2D eigenvalue weighted by atomic mass is 9.58. The molecule has 0 bridgehead atoms. The molecule has 0 radical (unpaired) electrons. The van der Waals surface area contributed by atoms with Gasteiger partial charge in [0.1, 0.15) is 5.78 Å². The smallest absolute Gasteiger partial charge is 0.200 e. The molecule has 0 unspecified atom stereocenters. The number of allylic oxidation sites excluding steroid dienone is 2. The van der Waals surface area contributed by atoms with Crippen LogP contribution in [0.4, 0.5) is 0 Å². The Bertz CT molecular complexity index is 545. The molecule has 0 amide bonds. The number of ketones is 1. The SMILES string of the molecule is CC(C)=CC[C@H]1CCC(=O)[C@@H]([C@H](O[Si](C(C)C)(C(C)C)C(C)C)C(C)C)C1(C)C. The summed E-state index contributed by atoms with van der Waals surface area (Å²) < 4.78 is 7.31. The van der Waals surface area contributed by atoms with E-state index in [-0.39, 0.29) is 17.4 Å². The average Bonchev–Trinajstić information content (AvgIpc) is 2.55. The van der Waals surface area contributed by atoms with Gasteiger partial charge in [0.2, 0.25) is 8.32 Å². The van der Waals surface area contributed by atoms with Gasteiger partial charge in [0.15, 0.2) is 0 Å². The van der Waals surface area contributed by atoms with Crippen molar-refractivity contribution in [1.29, 1.82) is 0 Å². The zero-order valence-corrected chi connectivity index (χ0v) is 22.6. The van der Waals surface area contributed by atoms with Crippen LogP contribution in [0.25, 0.3) is 0 Å². The molecule has 3 heteroatoms. The Morgan fingerprint density at radius 2 is 1.52 bits per heavy atom. The molecule has 29 heavy (non-hydrogen) atoms. The number of Topliss-reactive ketones (excluding diaryl/α,β-unsaturated/α-hetero) is 1. The molecule has 0 aromatic heterocycles. The van der Waals surface area contributed by atoms with Crippen molar-refractivity contribution in [3.05, 3.63) is 11.6 Å². The molecule has 0 spiro atoms. The molecule has 1 rings (SSSR count). The number of carbonyl (C=O) groups excluding carboxylic acids is 1. The molecule has 0 N–H and O–H groups in total. The fraction of sp³-hybridized carbons (Fsp3) is 0.885. The van der Waals surface area contributed by atoms with Crippen LogP contribution in [0, 0.1) is 23.2 Å². The molecule has 0 aromatic carbocycles. The van der Waals surface area contributed by atoms with E-state index in [9.17, 15) is 4.79 Å². The number of carbonyl (C=O) groups is 1. The van der Waals surface area contributed by atoms with E-state index >= 15 is 0 Å². The lowest BCUT2D eigenvalue weighted by Crippen LogP contribution is -2.57. The normalized spacial score (nSPS) is 23.9. The fourth-order valence-corrected chi connectivity index (χ4v) is 11.8. The van der Waals surface area contributed by atoms with Crippen LogP contribution >= 0.6 is 0 Å². The first-order valence-corrected chi connectivity index (χ1v) is 14.2. The summed E-state index contributed by atoms with van der Waals surface area (Å²) in [5.74, 6) is 1.31. The zero-order valence-electron chi connectivity index (χ0n) is 21.6. The highest BCUT2D eigenvalue weighted by atomic mass is 28.4. The minimum absolute atomic E-state index is 0.00469. The van der Waals surface area contributed by atoms with Crippen LogP contribution in [0.2, 0.25) is 16.6 Å². The first-order valence-electron chi connectivity index (χ1n) is 12.0. The second kappa shape index (κ2) is 10.3. The van der Waals surface area contributed by atoms with E-state index in [2.05, 4.69) is 89.2 Å². The predicted octanol–water partition coefficient (Wildman–Crippen LogP) is 8.18. The van der Waals surface area contributed by atoms with E-state index in [4.69, 9.17) is 4.43 Å². The standard InChI is InChI=1S/C26H50O2Si/c1-17(2)13-14-22-15-16-23(27)24(26(22,11)12)25(18(3)4)28-29(19(5)6,20(7)8)21(9)10/h13,18-22,24-25H,14-16H2,1-12H3/t22-,24-,25+/m0/s1. The molecule has 1 fully saturated rings. The third-order valence-electron chi connectivity index (χ3n) is 7.78. The quantitative estimate of drug-likeness (QED) is 0.276. The van der Waals surface area contributed by atoms with E-state index < -0.39 is 8.32 Å². The Labute approximate surface area is 183 Å². The van der Waals surface area contributed by atoms with Crippen molar-refractivity contribution in [2.75, 3.05) is 0 Å². The van der Waals surface area contributed by atoms with Crippen LogP contribution in [-0.2, 0) is 9.22 Å². The minimum atomic E-state index is -2.05. The summed E-state index contributed by atoms with van der Waals surface area (Å²) in [6.45, 7) is 27.6. The summed E-state index contributed by atoms with van der Waals surface area (Å²) in [4.78, 5) is 13.4. The topological polar surface area (TPSA) is 26.3 Å². The van der Waals surface area contributed by atoms with Gasteiger partial charge < -0.3 is 4.43 Å². The molecule has 1 aliphatic rings. The first kappa shape index (κ1) is 26.6. The lowest BCUT2D eigenvalue weighted by Gasteiger charge is -2.52. The van der Waals surface area contributed by atoms with Crippen molar-refractivity contribution < 1.29 is 9.22 Å². The second-order valence-corrected chi connectivity index (χ2v) is 17.1. The molecule has 0 heterocycles. The van der Waals surface area contributed by atoms with Gasteiger partial charge in [-0.05, 0) is 60.6 Å². The maximum absolute atomic E-state index is 13.4. The van der Waals surface area contributed by atoms with Crippen molar-refractivity contribution in [3.63, 3.8) is 0 Å². The van der Waals surface area contributed by atoms with Crippen molar-refractivity contribution >= 4 is 14.1 Å². The number of hydrogen-bond acceptors (Lipinski definition) is 2. The van der Waals surface area contributed by atoms with E-state index in [0.29, 0.717) is 40.7 Å². The highest BCUT2D eigenvalue weighted by Crippen LogP contribution is 2.51. The Morgan fingerprint density at radius 1 is 1.03 bits per heavy atom. The van der Waals surface area contributed by atoms with Crippen LogP contribution in [0.15, 0.2) is 11.6 Å². The van der Waals surface area contributed by atoms with E-state index in [0.717, 1.165) is 12.8 Å². The van der Waals surface area contributed by atoms with Crippen molar-refractivity contribution in [1.82, 2.24) is 0 Å². The van der Waals surface area contributed by atoms with E-state index in [1.165, 1.54) is 5.57 Å². The van der Waals surface area contributed by atoms with Gasteiger partial charge in [0.05, 0.1) is 6.10 Å². The maximum atomic E-state index is 13.4. The van der Waals surface area contributed by atoms with E-state index in [1.54, 1.807) is 0 Å². The van der Waals surface area contributed by atoms with Crippen LogP contribution in [0.1, 0.15) is 102 Å². The Morgan fingerprint density at radius 3 is 1.90 bits per heavy atom. The average molecular weight is 423 g/mol. The van der Waals surface area contributed by atoms with Crippen molar-refractivity contribution in [2.24, 2.45) is 23.2 Å². The van der Waals surface area contributed by atoms with Gasteiger partial charge in [0, 0.05) is 12.3 Å². The summed E-state index contributed by atoms with van der Waals surface area (Å²) in [6, 6.07) is 0. The van der Waals surface area contributed by atoms with Crippen LogP contribution < -0.4 is 0 Å². The summed E-state index contributed by atoms with van der Waals surface area (Å²) >= 11 is 0. The van der Waals surface area contributed by atoms with Crippen molar-refractivity contribution in [2.45, 2.75) is 125 Å². The highest BCUT2D eigenvalue weighted by molar-refractivity contribution is 6.77. The number of hydrogen-bond donors (Lipinski definition) is 0. The van der Waals surface area contributed by atoms with Crippen LogP contribution in [0.3, 0.4) is 0 Å².